The zero-order chi connectivity index (χ0) is 31.3. The summed E-state index contributed by atoms with van der Waals surface area (Å²) in [4.78, 5) is 23.8. The lowest BCUT2D eigenvalue weighted by molar-refractivity contribution is 0.0613. The van der Waals surface area contributed by atoms with Gasteiger partial charge in [0.05, 0.1) is 10.4 Å². The Balaban J connectivity index is 1.36. The van der Waals surface area contributed by atoms with Gasteiger partial charge in [0.1, 0.15) is 0 Å². The van der Waals surface area contributed by atoms with E-state index < -0.39 is 10.0 Å². The van der Waals surface area contributed by atoms with Crippen LogP contribution >= 0.6 is 0 Å². The van der Waals surface area contributed by atoms with Crippen molar-refractivity contribution in [3.8, 4) is 11.1 Å². The summed E-state index contributed by atoms with van der Waals surface area (Å²) in [5, 5.41) is 0.780. The number of benzene rings is 1. The first-order valence-electron chi connectivity index (χ1n) is 15.9. The summed E-state index contributed by atoms with van der Waals surface area (Å²) in [5.41, 5.74) is 6.41. The molecule has 5 aromatic rings. The number of pyridine rings is 2. The highest BCUT2D eigenvalue weighted by molar-refractivity contribution is 7.90. The number of fused-ring (bicyclic) bond motifs is 2. The second-order valence-electron chi connectivity index (χ2n) is 12.7. The van der Waals surface area contributed by atoms with Crippen LogP contribution in [0.4, 0.5) is 0 Å². The van der Waals surface area contributed by atoms with Crippen molar-refractivity contribution in [2.24, 2.45) is 5.92 Å². The Labute approximate surface area is 263 Å². The highest BCUT2D eigenvalue weighted by Crippen LogP contribution is 2.34. The maximum Gasteiger partial charge on any atom is 0.334 e. The number of rotatable bonds is 7. The molecule has 10 heteroatoms. The smallest absolute Gasteiger partial charge is 0.334 e. The van der Waals surface area contributed by atoms with Crippen LogP contribution in [0.25, 0.3) is 39.0 Å². The molecule has 0 bridgehead atoms. The van der Waals surface area contributed by atoms with Crippen molar-refractivity contribution < 1.29 is 13.2 Å². The number of imidazole rings is 1. The van der Waals surface area contributed by atoms with E-state index in [2.05, 4.69) is 19.9 Å². The van der Waals surface area contributed by atoms with Crippen LogP contribution in [0.1, 0.15) is 69.4 Å². The van der Waals surface area contributed by atoms with Crippen LogP contribution in [-0.2, 0) is 21.3 Å². The Morgan fingerprint density at radius 3 is 2.38 bits per heavy atom. The third kappa shape index (κ3) is 5.33. The van der Waals surface area contributed by atoms with Gasteiger partial charge in [0.25, 0.3) is 10.0 Å². The normalized spacial score (nSPS) is 16.6. The predicted octanol–water partition coefficient (Wildman–Crippen LogP) is 6.73. The Hall–Kier alpha value is -4.02. The van der Waals surface area contributed by atoms with E-state index in [0.717, 1.165) is 90.6 Å². The molecule has 1 aromatic carbocycles. The van der Waals surface area contributed by atoms with Crippen molar-refractivity contribution in [3.05, 3.63) is 82.7 Å². The monoisotopic (exact) mass is 625 g/mol. The van der Waals surface area contributed by atoms with Gasteiger partial charge in [-0.3, -0.25) is 4.57 Å². The summed E-state index contributed by atoms with van der Waals surface area (Å²) in [6, 6.07) is 10.9. The summed E-state index contributed by atoms with van der Waals surface area (Å²) in [6.45, 7) is 8.09. The molecule has 5 heterocycles. The third-order valence-electron chi connectivity index (χ3n) is 9.28. The molecule has 1 aliphatic heterocycles. The summed E-state index contributed by atoms with van der Waals surface area (Å²) in [7, 11) is -3.85. The number of aryl methyl sites for hydroxylation is 1. The minimum absolute atomic E-state index is 0.0386. The van der Waals surface area contributed by atoms with Crippen LogP contribution in [-0.4, -0.2) is 44.7 Å². The zero-order valence-electron chi connectivity index (χ0n) is 26.1. The van der Waals surface area contributed by atoms with Crippen molar-refractivity contribution in [3.63, 3.8) is 0 Å². The van der Waals surface area contributed by atoms with Crippen LogP contribution in [0.2, 0.25) is 0 Å². The summed E-state index contributed by atoms with van der Waals surface area (Å²) in [6.07, 6.45) is 13.3. The standard InChI is InChI=1S/C35H39N5O4S/c1-23(2)31-22-39(45(42,43)29-11-9-24(3)10-12-29)33-30(31)17-26(19-36-33)27-18-32-34(37-20-27)40(28-7-5-4-6-8-28)35(41)38(32)21-25-13-15-44-16-14-25/h7,9-12,17-20,22-23,25H,4-6,8,13-16,21H2,1-3H3. The second-order valence-corrected chi connectivity index (χ2v) is 14.6. The van der Waals surface area contributed by atoms with Gasteiger partial charge in [-0.2, -0.15) is 0 Å². The van der Waals surface area contributed by atoms with Crippen molar-refractivity contribution in [1.82, 2.24) is 23.1 Å². The Bertz CT molecular complexity index is 2100. The van der Waals surface area contributed by atoms with Crippen molar-refractivity contribution >= 4 is 37.9 Å². The van der Waals surface area contributed by atoms with E-state index in [9.17, 15) is 13.2 Å². The number of aromatic nitrogens is 5. The number of hydrogen-bond donors (Lipinski definition) is 0. The zero-order valence-corrected chi connectivity index (χ0v) is 26.9. The van der Waals surface area contributed by atoms with E-state index in [1.165, 1.54) is 3.97 Å². The average Bonchev–Trinajstić information content (AvgIpc) is 3.57. The van der Waals surface area contributed by atoms with E-state index in [1.54, 1.807) is 42.9 Å². The predicted molar refractivity (Wildman–Crippen MR) is 177 cm³/mol. The van der Waals surface area contributed by atoms with Crippen LogP contribution in [0.5, 0.6) is 0 Å². The highest BCUT2D eigenvalue weighted by atomic mass is 32.2. The number of allylic oxidation sites excluding steroid dienone is 2. The fraction of sp³-hybridized carbons (Fsp3) is 0.400. The molecule has 0 atom stereocenters. The van der Waals surface area contributed by atoms with Gasteiger partial charge in [-0.25, -0.2) is 31.7 Å². The van der Waals surface area contributed by atoms with Crippen LogP contribution < -0.4 is 5.69 Å². The number of nitrogens with zero attached hydrogens (tertiary/aromatic N) is 5. The molecule has 9 nitrogen and oxygen atoms in total. The van der Waals surface area contributed by atoms with Crippen LogP contribution in [0, 0.1) is 12.8 Å². The quantitative estimate of drug-likeness (QED) is 0.199. The molecular weight excluding hydrogens is 586 g/mol. The lowest BCUT2D eigenvalue weighted by Gasteiger charge is -2.22. The van der Waals surface area contributed by atoms with E-state index in [1.807, 2.05) is 28.2 Å². The molecular formula is C35H39N5O4S. The summed E-state index contributed by atoms with van der Waals surface area (Å²) < 4.78 is 38.1. The maximum absolute atomic E-state index is 14.0. The van der Waals surface area contributed by atoms with Crippen molar-refractivity contribution in [1.29, 1.82) is 0 Å². The summed E-state index contributed by atoms with van der Waals surface area (Å²) in [5.74, 6) is 0.434. The topological polar surface area (TPSA) is 101 Å². The lowest BCUT2D eigenvalue weighted by Crippen LogP contribution is -2.29. The van der Waals surface area contributed by atoms with E-state index in [-0.39, 0.29) is 16.5 Å². The molecule has 234 valence electrons. The number of hydrogen-bond acceptors (Lipinski definition) is 6. The Kier molecular flexibility index (Phi) is 7.73. The molecule has 0 radical (unpaired) electrons. The molecule has 7 rings (SSSR count). The van der Waals surface area contributed by atoms with Gasteiger partial charge in [0, 0.05) is 60.6 Å². The molecule has 1 saturated heterocycles. The average molecular weight is 626 g/mol. The molecule has 0 saturated carbocycles. The molecule has 0 unspecified atom stereocenters. The van der Waals surface area contributed by atoms with Gasteiger partial charge in [-0.05, 0) is 87.1 Å². The van der Waals surface area contributed by atoms with Gasteiger partial charge in [-0.1, -0.05) is 37.6 Å². The Morgan fingerprint density at radius 1 is 0.978 bits per heavy atom. The van der Waals surface area contributed by atoms with Gasteiger partial charge in [-0.15, -0.1) is 0 Å². The molecule has 1 fully saturated rings. The van der Waals surface area contributed by atoms with Gasteiger partial charge < -0.3 is 4.74 Å². The lowest BCUT2D eigenvalue weighted by atomic mass is 10.00. The molecule has 45 heavy (non-hydrogen) atoms. The minimum atomic E-state index is -3.85. The largest absolute Gasteiger partial charge is 0.381 e. The van der Waals surface area contributed by atoms with E-state index in [0.29, 0.717) is 23.8 Å². The minimum Gasteiger partial charge on any atom is -0.381 e. The number of ether oxygens (including phenoxy) is 1. The van der Waals surface area contributed by atoms with Crippen LogP contribution in [0.15, 0.2) is 70.8 Å². The molecule has 0 N–H and O–H groups in total. The fourth-order valence-electron chi connectivity index (χ4n) is 6.66. The second kappa shape index (κ2) is 11.7. The van der Waals surface area contributed by atoms with Crippen molar-refractivity contribution in [2.45, 2.75) is 76.7 Å². The first kappa shape index (κ1) is 29.7. The first-order valence-corrected chi connectivity index (χ1v) is 17.4. The van der Waals surface area contributed by atoms with Crippen LogP contribution in [0.3, 0.4) is 0 Å². The fourth-order valence-corrected chi connectivity index (χ4v) is 8.00. The van der Waals surface area contributed by atoms with Gasteiger partial charge >= 0.3 is 5.69 Å². The van der Waals surface area contributed by atoms with E-state index >= 15 is 0 Å². The molecule has 1 aliphatic carbocycles. The molecule has 0 spiro atoms. The molecule has 2 aliphatic rings. The third-order valence-corrected chi connectivity index (χ3v) is 10.9. The summed E-state index contributed by atoms with van der Waals surface area (Å²) >= 11 is 0. The van der Waals surface area contributed by atoms with Crippen molar-refractivity contribution in [2.75, 3.05) is 13.2 Å². The Morgan fingerprint density at radius 2 is 1.69 bits per heavy atom. The maximum atomic E-state index is 14.0. The molecule has 4 aromatic heterocycles. The van der Waals surface area contributed by atoms with Gasteiger partial charge in [0.15, 0.2) is 11.3 Å². The van der Waals surface area contributed by atoms with E-state index in [4.69, 9.17) is 14.7 Å². The molecule has 0 amide bonds. The first-order chi connectivity index (χ1) is 21.7. The highest BCUT2D eigenvalue weighted by Gasteiger charge is 2.25. The SMILES string of the molecule is Cc1ccc(S(=O)(=O)n2cc(C(C)C)c3cc(-c4cnc5c(c4)n(CC4CCOCC4)c(=O)n5C4=CCCCC4)cnc32)cc1. The van der Waals surface area contributed by atoms with Gasteiger partial charge in [0.2, 0.25) is 0 Å².